The molecule has 74 heavy (non-hydrogen) atoms. The van der Waals surface area contributed by atoms with Crippen molar-refractivity contribution in [2.75, 3.05) is 24.6 Å². The molecule has 27 heteroatoms. The number of carbonyl (C=O) groups excluding carboxylic acids is 8. The lowest BCUT2D eigenvalue weighted by Gasteiger charge is -2.27. The van der Waals surface area contributed by atoms with Gasteiger partial charge in [-0.1, -0.05) is 70.1 Å². The number of aliphatic imine (C=N–C) groups is 2. The van der Waals surface area contributed by atoms with E-state index in [0.29, 0.717) is 29.5 Å². The van der Waals surface area contributed by atoms with Gasteiger partial charge in [0.15, 0.2) is 11.9 Å². The van der Waals surface area contributed by atoms with Crippen LogP contribution in [0.5, 0.6) is 0 Å². The Morgan fingerprint density at radius 1 is 0.716 bits per heavy atom. The summed E-state index contributed by atoms with van der Waals surface area (Å²) in [4.78, 5) is 130. The van der Waals surface area contributed by atoms with Gasteiger partial charge in [-0.3, -0.25) is 43.5 Å². The third kappa shape index (κ3) is 18.4. The number of guanidine groups is 2. The fourth-order valence-corrected chi connectivity index (χ4v) is 9.92. The molecule has 1 fully saturated rings. The highest BCUT2D eigenvalue weighted by Gasteiger charge is 2.34. The smallest absolute Gasteiger partial charge is 0.244 e. The minimum atomic E-state index is -1.36. The van der Waals surface area contributed by atoms with Gasteiger partial charge in [0.25, 0.3) is 0 Å². The van der Waals surface area contributed by atoms with Crippen LogP contribution < -0.4 is 65.9 Å². The van der Waals surface area contributed by atoms with Gasteiger partial charge in [-0.2, -0.15) is 0 Å². The van der Waals surface area contributed by atoms with Gasteiger partial charge in [0.05, 0.1) is 18.4 Å². The van der Waals surface area contributed by atoms with Crippen LogP contribution in [0, 0.1) is 0 Å². The summed E-state index contributed by atoms with van der Waals surface area (Å²) < 4.78 is 0. The van der Waals surface area contributed by atoms with Gasteiger partial charge in [0.1, 0.15) is 42.5 Å². The van der Waals surface area contributed by atoms with Crippen LogP contribution in [0.2, 0.25) is 0 Å². The van der Waals surface area contributed by atoms with Gasteiger partial charge in [-0.15, -0.1) is 0 Å². The molecule has 2 aromatic heterocycles. The summed E-state index contributed by atoms with van der Waals surface area (Å²) in [6.07, 6.45) is 5.49. The van der Waals surface area contributed by atoms with Crippen LogP contribution in [-0.2, 0) is 57.6 Å². The Morgan fingerprint density at radius 2 is 1.31 bits per heavy atom. The lowest BCUT2D eigenvalue weighted by molar-refractivity contribution is -0.135. The van der Waals surface area contributed by atoms with Crippen molar-refractivity contribution in [3.63, 3.8) is 0 Å². The zero-order valence-corrected chi connectivity index (χ0v) is 42.3. The Bertz CT molecular complexity index is 2590. The average Bonchev–Trinajstić information content (AvgIpc) is 4.05. The van der Waals surface area contributed by atoms with Gasteiger partial charge >= 0.3 is 0 Å². The number of H-pyrrole nitrogens is 2. The number of aldehydes is 1. The zero-order valence-electron chi connectivity index (χ0n) is 40.7. The first-order valence-electron chi connectivity index (χ1n) is 23.8. The number of fused-ring (bicyclic) bond motifs is 1. The zero-order chi connectivity index (χ0) is 53.6. The van der Waals surface area contributed by atoms with Gasteiger partial charge in [0.2, 0.25) is 41.4 Å². The molecule has 398 valence electrons. The Kier molecular flexibility index (Phi) is 22.6. The van der Waals surface area contributed by atoms with Gasteiger partial charge in [0, 0.05) is 72.8 Å². The maximum absolute atomic E-state index is 14.6. The minimum Gasteiger partial charge on any atom is -0.370 e. The Labute approximate surface area is 434 Å². The number of aromatic nitrogens is 3. The summed E-state index contributed by atoms with van der Waals surface area (Å²) in [7, 11) is 2.19. The Hall–Kier alpha value is -7.65. The standard InChI is InChI=1S/C47H65N17O8S2/c1-26-39(66)61-37(19-29-21-53-25-57-29)44(71)62-35(17-27-9-3-2-4-10-27)43(70)60-34(14-8-16-55-47(51)52)41(68)63-36(18-28-20-56-33-13-6-5-11-31(28)33)42(69)59-30(22-65)23-73-74-24-38(45(72)58-26)64-40(67)32(48)12-7-15-54-46(49)50/h2-6,9-11,13,20-22,25-26,30,32,34-38,56H,7-8,12,14-19,23-24,48H2,1H3,(H,53,57)(H,58,72)(H,59,69)(H,60,70)(H,61,66)(H,62,71)(H,63,68)(H,64,67)(H4,49,50,54)(H4,51,52,55)/t26-,30-,32+,34+,35-,36+,37+,38+/m1/s1. The Balaban J connectivity index is 1.51. The molecule has 5 rings (SSSR count). The van der Waals surface area contributed by atoms with Gasteiger partial charge < -0.3 is 80.6 Å². The Morgan fingerprint density at radius 3 is 1.99 bits per heavy atom. The van der Waals surface area contributed by atoms with E-state index in [9.17, 15) is 38.4 Å². The van der Waals surface area contributed by atoms with Gasteiger partial charge in [-0.05, 0) is 49.8 Å². The molecule has 0 radical (unpaired) electrons. The van der Waals surface area contributed by atoms with Crippen molar-refractivity contribution in [3.8, 4) is 0 Å². The van der Waals surface area contributed by atoms with Crippen LogP contribution in [0.3, 0.4) is 0 Å². The van der Waals surface area contributed by atoms with Gasteiger partial charge in [-0.25, -0.2) is 4.98 Å². The number of nitrogens with one attached hydrogen (secondary N) is 9. The second-order valence-electron chi connectivity index (χ2n) is 17.4. The molecule has 0 saturated carbocycles. The van der Waals surface area contributed by atoms with Crippen LogP contribution in [0.25, 0.3) is 10.9 Å². The number of amides is 7. The molecule has 7 amide bonds. The van der Waals surface area contributed by atoms with Crippen LogP contribution in [0.1, 0.15) is 49.4 Å². The fourth-order valence-electron chi connectivity index (χ4n) is 7.63. The number of rotatable bonds is 17. The molecule has 1 aliphatic heterocycles. The summed E-state index contributed by atoms with van der Waals surface area (Å²) >= 11 is 0. The molecule has 25 nitrogen and oxygen atoms in total. The highest BCUT2D eigenvalue weighted by Crippen LogP contribution is 2.24. The molecule has 0 bridgehead atoms. The van der Waals surface area contributed by atoms with Crippen molar-refractivity contribution in [2.45, 2.75) is 100 Å². The maximum atomic E-state index is 14.6. The SMILES string of the molecule is C[C@H]1NC(=O)[C@@H](NC(=O)[C@@H](N)CCCN=C(N)N)CSSC[C@@H](C=O)NC(=O)[C@H](Cc2c[nH]c3ccccc23)NC(=O)[C@H](CCCN=C(N)N)NC(=O)[C@@H](Cc2ccccc2)NC(=O)[C@H](Cc2cnc[nH]2)NC1=O. The predicted octanol–water partition coefficient (Wildman–Crippen LogP) is -2.64. The first kappa shape index (κ1) is 57.3. The largest absolute Gasteiger partial charge is 0.370 e. The number of hydrogen-bond donors (Lipinski definition) is 14. The van der Waals surface area contributed by atoms with Crippen LogP contribution >= 0.6 is 21.6 Å². The minimum absolute atomic E-state index is 0.0237. The maximum Gasteiger partial charge on any atom is 0.244 e. The quantitative estimate of drug-likeness (QED) is 0.0169. The normalized spacial score (nSPS) is 22.3. The second-order valence-corrected chi connectivity index (χ2v) is 19.9. The summed E-state index contributed by atoms with van der Waals surface area (Å²) in [5, 5.41) is 19.8. The van der Waals surface area contributed by atoms with Crippen LogP contribution in [0.15, 0.2) is 83.3 Å². The van der Waals surface area contributed by atoms with Crippen molar-refractivity contribution < 1.29 is 38.4 Å². The number of aromatic amines is 2. The fraction of sp³-hybridized carbons (Fsp3) is 0.426. The van der Waals surface area contributed by atoms with E-state index in [1.807, 2.05) is 24.3 Å². The molecule has 4 aromatic rings. The van der Waals surface area contributed by atoms with E-state index in [0.717, 1.165) is 32.5 Å². The van der Waals surface area contributed by atoms with E-state index >= 15 is 0 Å². The molecule has 19 N–H and O–H groups in total. The topological polar surface area (TPSA) is 420 Å². The number of para-hydroxylation sites is 1. The number of benzene rings is 2. The number of nitrogens with zero attached hydrogens (tertiary/aromatic N) is 3. The van der Waals surface area contributed by atoms with E-state index in [2.05, 4.69) is 62.2 Å². The van der Waals surface area contributed by atoms with E-state index in [4.69, 9.17) is 28.7 Å². The molecular weight excluding hydrogens is 995 g/mol. The first-order valence-corrected chi connectivity index (χ1v) is 26.2. The number of hydrogen-bond acceptors (Lipinski definition) is 14. The number of imidazole rings is 1. The molecule has 3 heterocycles. The highest BCUT2D eigenvalue weighted by molar-refractivity contribution is 8.76. The lowest BCUT2D eigenvalue weighted by atomic mass is 10.0. The average molecular weight is 1060 g/mol. The summed E-state index contributed by atoms with van der Waals surface area (Å²) in [5.41, 5.74) is 30.6. The van der Waals surface area contributed by atoms with Crippen LogP contribution in [-0.4, -0.2) is 147 Å². The molecule has 1 aliphatic rings. The summed E-state index contributed by atoms with van der Waals surface area (Å²) in [6, 6.07) is 6.01. The number of nitrogens with two attached hydrogens (primary N) is 5. The second kappa shape index (κ2) is 29.2. The van der Waals surface area contributed by atoms with Crippen molar-refractivity contribution in [2.24, 2.45) is 38.7 Å². The van der Waals surface area contributed by atoms with Crippen molar-refractivity contribution >= 4 is 92.0 Å². The third-order valence-electron chi connectivity index (χ3n) is 11.6. The molecule has 2 aromatic carbocycles. The van der Waals surface area contributed by atoms with E-state index in [1.165, 1.54) is 19.4 Å². The molecule has 0 aliphatic carbocycles. The van der Waals surface area contributed by atoms with Crippen molar-refractivity contribution in [1.82, 2.24) is 52.2 Å². The molecule has 8 atom stereocenters. The third-order valence-corrected chi connectivity index (χ3v) is 14.0. The summed E-state index contributed by atoms with van der Waals surface area (Å²) in [6.45, 7) is 1.67. The van der Waals surface area contributed by atoms with E-state index in [-0.39, 0.29) is 75.0 Å². The molecule has 0 unspecified atom stereocenters. The monoisotopic (exact) mass is 1060 g/mol. The predicted molar refractivity (Wildman–Crippen MR) is 282 cm³/mol. The van der Waals surface area contributed by atoms with Crippen LogP contribution in [0.4, 0.5) is 0 Å². The first-order chi connectivity index (χ1) is 35.5. The lowest BCUT2D eigenvalue weighted by Crippen LogP contribution is -2.60. The summed E-state index contributed by atoms with van der Waals surface area (Å²) in [5.74, 6) is -5.78. The molecule has 1 saturated heterocycles. The number of carbonyl (C=O) groups is 8. The molecular formula is C47H65N17O8S2. The highest BCUT2D eigenvalue weighted by atomic mass is 33.1. The van der Waals surface area contributed by atoms with E-state index in [1.54, 1.807) is 36.5 Å². The van der Waals surface area contributed by atoms with E-state index < -0.39 is 89.7 Å². The van der Waals surface area contributed by atoms with Crippen molar-refractivity contribution in [3.05, 3.63) is 90.1 Å². The molecule has 0 spiro atoms. The van der Waals surface area contributed by atoms with Crippen molar-refractivity contribution in [1.29, 1.82) is 0 Å².